The first kappa shape index (κ1) is 46.7. The third-order valence-corrected chi connectivity index (χ3v) is 15.7. The van der Waals surface area contributed by atoms with Crippen LogP contribution in [-0.4, -0.2) is 22.0 Å². The number of aromatic nitrogens is 2. The molecule has 1 aromatic carbocycles. The molecule has 4 nitrogen and oxygen atoms in total. The molecule has 0 radical (unpaired) electrons. The summed E-state index contributed by atoms with van der Waals surface area (Å²) in [5, 5.41) is 0. The smallest absolute Gasteiger partial charge is 0.172 e. The van der Waals surface area contributed by atoms with Gasteiger partial charge in [0.1, 0.15) is 11.0 Å². The molecule has 55 heavy (non-hydrogen) atoms. The molecule has 0 aliphatic rings. The summed E-state index contributed by atoms with van der Waals surface area (Å²) in [6.07, 6.45) is 26.8. The Hall–Kier alpha value is -1.000. The molecule has 0 spiro atoms. The van der Waals surface area contributed by atoms with E-state index < -0.39 is 0 Å². The number of ether oxygens (including phenoxy) is 2. The number of benzene rings is 1. The van der Waals surface area contributed by atoms with Crippen molar-refractivity contribution in [3.8, 4) is 32.4 Å². The number of halogens is 2. The maximum atomic E-state index is 7.04. The summed E-state index contributed by atoms with van der Waals surface area (Å²) in [4.78, 5) is 2.38. The molecule has 0 N–H and O–H groups in total. The monoisotopic (exact) mass is 936 g/mol. The highest BCUT2D eigenvalue weighted by Gasteiger charge is 2.30. The fourth-order valence-electron chi connectivity index (χ4n) is 7.65. The zero-order chi connectivity index (χ0) is 39.4. The Morgan fingerprint density at radius 3 is 1.29 bits per heavy atom. The van der Waals surface area contributed by atoms with Crippen molar-refractivity contribution in [3.63, 3.8) is 0 Å². The Morgan fingerprint density at radius 2 is 0.909 bits per heavy atom. The van der Waals surface area contributed by atoms with Crippen LogP contribution >= 0.6 is 66.3 Å². The molecule has 0 saturated heterocycles. The van der Waals surface area contributed by atoms with Crippen molar-refractivity contribution in [2.45, 2.75) is 183 Å². The second kappa shape index (κ2) is 26.2. The summed E-state index contributed by atoms with van der Waals surface area (Å²) in [5.41, 5.74) is 6.75. The summed E-state index contributed by atoms with van der Waals surface area (Å²) >= 11 is 13.0. The molecule has 3 aromatic heterocycles. The highest BCUT2D eigenvalue weighted by atomic mass is 79.9. The average molecular weight is 939 g/mol. The lowest BCUT2D eigenvalue weighted by Crippen LogP contribution is -2.06. The van der Waals surface area contributed by atoms with Crippen LogP contribution in [0.4, 0.5) is 0 Å². The molecule has 3 heterocycles. The van der Waals surface area contributed by atoms with Gasteiger partial charge in [-0.1, -0.05) is 157 Å². The van der Waals surface area contributed by atoms with Crippen LogP contribution in [-0.2, 0) is 12.8 Å². The third-order valence-electron chi connectivity index (χ3n) is 11.2. The molecular formula is C46H70Br2N2O2S3. The first-order chi connectivity index (χ1) is 26.9. The number of hydrogen-bond donors (Lipinski definition) is 0. The summed E-state index contributed by atoms with van der Waals surface area (Å²) in [5.74, 6) is 3.08. The van der Waals surface area contributed by atoms with Crippen molar-refractivity contribution in [2.75, 3.05) is 13.2 Å². The van der Waals surface area contributed by atoms with E-state index in [0.29, 0.717) is 25.0 Å². The molecule has 0 saturated carbocycles. The van der Waals surface area contributed by atoms with E-state index in [1.54, 1.807) is 0 Å². The summed E-state index contributed by atoms with van der Waals surface area (Å²) in [6, 6.07) is 4.82. The second-order valence-corrected chi connectivity index (χ2v) is 20.9. The van der Waals surface area contributed by atoms with Crippen LogP contribution in [0.1, 0.15) is 181 Å². The molecule has 0 bridgehead atoms. The molecule has 0 amide bonds. The highest BCUT2D eigenvalue weighted by molar-refractivity contribution is 9.11. The quantitative estimate of drug-likeness (QED) is 0.0489. The van der Waals surface area contributed by atoms with Gasteiger partial charge in [-0.25, -0.2) is 0 Å². The molecule has 2 unspecified atom stereocenters. The fourth-order valence-corrected chi connectivity index (χ4v) is 11.7. The van der Waals surface area contributed by atoms with Crippen LogP contribution in [0.15, 0.2) is 19.7 Å². The van der Waals surface area contributed by atoms with Crippen molar-refractivity contribution in [1.82, 2.24) is 8.75 Å². The van der Waals surface area contributed by atoms with Gasteiger partial charge in [0.2, 0.25) is 0 Å². The molecule has 4 aromatic rings. The first-order valence-electron chi connectivity index (χ1n) is 22.0. The van der Waals surface area contributed by atoms with Gasteiger partial charge in [0.15, 0.2) is 11.5 Å². The van der Waals surface area contributed by atoms with Gasteiger partial charge in [0.05, 0.1) is 43.6 Å². The SMILES string of the molecule is CCCCCCCCOc1c(OCCCCCCCC)c(-c2cc(CC(CC)CCCC)c(Br)s2)c2nsnc2c1-c1cc(CC(CC)CCCC)c(Br)s1. The van der Waals surface area contributed by atoms with E-state index in [4.69, 9.17) is 18.2 Å². The summed E-state index contributed by atoms with van der Waals surface area (Å²) in [7, 11) is 0. The number of thiophene rings is 2. The number of rotatable bonds is 30. The summed E-state index contributed by atoms with van der Waals surface area (Å²) in [6.45, 7) is 15.2. The predicted molar refractivity (Wildman–Crippen MR) is 251 cm³/mol. The van der Waals surface area contributed by atoms with E-state index in [2.05, 4.69) is 85.5 Å². The van der Waals surface area contributed by atoms with E-state index in [-0.39, 0.29) is 0 Å². The molecule has 4 rings (SSSR count). The van der Waals surface area contributed by atoms with E-state index >= 15 is 0 Å². The number of hydrogen-bond acceptors (Lipinski definition) is 7. The van der Waals surface area contributed by atoms with Crippen LogP contribution in [0.2, 0.25) is 0 Å². The molecule has 308 valence electrons. The van der Waals surface area contributed by atoms with Crippen LogP contribution in [0, 0.1) is 11.8 Å². The molecule has 0 aliphatic heterocycles. The zero-order valence-corrected chi connectivity index (χ0v) is 40.6. The Balaban J connectivity index is 1.84. The summed E-state index contributed by atoms with van der Waals surface area (Å²) < 4.78 is 26.6. The van der Waals surface area contributed by atoms with Crippen LogP contribution in [0.3, 0.4) is 0 Å². The molecule has 0 aliphatic carbocycles. The second-order valence-electron chi connectivity index (χ2n) is 15.7. The van der Waals surface area contributed by atoms with Crippen molar-refractivity contribution >= 4 is 77.3 Å². The minimum atomic E-state index is 0.665. The van der Waals surface area contributed by atoms with Crippen LogP contribution < -0.4 is 9.47 Å². The number of fused-ring (bicyclic) bond motifs is 1. The Morgan fingerprint density at radius 1 is 0.527 bits per heavy atom. The van der Waals surface area contributed by atoms with Crippen LogP contribution in [0.25, 0.3) is 31.9 Å². The van der Waals surface area contributed by atoms with Gasteiger partial charge >= 0.3 is 0 Å². The predicted octanol–water partition coefficient (Wildman–Crippen LogP) is 17.7. The normalized spacial score (nSPS) is 12.9. The van der Waals surface area contributed by atoms with E-state index in [1.807, 2.05) is 22.7 Å². The lowest BCUT2D eigenvalue weighted by atomic mass is 9.92. The van der Waals surface area contributed by atoms with Crippen molar-refractivity contribution in [2.24, 2.45) is 11.8 Å². The highest BCUT2D eigenvalue weighted by Crippen LogP contribution is 2.54. The van der Waals surface area contributed by atoms with Crippen LogP contribution in [0.5, 0.6) is 11.5 Å². The van der Waals surface area contributed by atoms with E-state index in [0.717, 1.165) is 59.3 Å². The van der Waals surface area contributed by atoms with Gasteiger partial charge in [-0.05, 0) is 92.6 Å². The van der Waals surface area contributed by atoms with Gasteiger partial charge < -0.3 is 9.47 Å². The Labute approximate surface area is 364 Å². The zero-order valence-electron chi connectivity index (χ0n) is 35.0. The maximum absolute atomic E-state index is 7.04. The minimum absolute atomic E-state index is 0.665. The number of nitrogens with zero attached hydrogens (tertiary/aromatic N) is 2. The van der Waals surface area contributed by atoms with E-state index in [9.17, 15) is 0 Å². The van der Waals surface area contributed by atoms with Crippen molar-refractivity contribution in [1.29, 1.82) is 0 Å². The topological polar surface area (TPSA) is 44.2 Å². The maximum Gasteiger partial charge on any atom is 0.172 e. The van der Waals surface area contributed by atoms with Gasteiger partial charge in [-0.3, -0.25) is 0 Å². The lowest BCUT2D eigenvalue weighted by Gasteiger charge is -2.20. The lowest BCUT2D eigenvalue weighted by molar-refractivity contribution is 0.260. The molecule has 0 fully saturated rings. The first-order valence-corrected chi connectivity index (χ1v) is 26.0. The van der Waals surface area contributed by atoms with E-state index in [1.165, 1.54) is 156 Å². The largest absolute Gasteiger partial charge is 0.489 e. The Kier molecular flexibility index (Phi) is 22.2. The number of unbranched alkanes of at least 4 members (excludes halogenated alkanes) is 12. The standard InChI is InChI=1S/C46H70Br2N2O2S3/c1-7-13-17-19-21-23-27-51-43-39(37-31-35(45(47)53-37)29-33(11-5)25-15-9-3)41-42(50-55-49-41)40(44(43)52-28-24-22-20-18-14-8-2)38-32-36(46(48)54-38)30-34(12-6)26-16-10-4/h31-34H,7-30H2,1-6H3. The Bertz CT molecular complexity index is 1550. The van der Waals surface area contributed by atoms with Gasteiger partial charge in [-0.2, -0.15) is 8.75 Å². The minimum Gasteiger partial charge on any atom is -0.489 e. The van der Waals surface area contributed by atoms with Gasteiger partial charge in [-0.15, -0.1) is 22.7 Å². The average Bonchev–Trinajstić information content (AvgIpc) is 3.92. The fraction of sp³-hybridized carbons (Fsp3) is 0.696. The molecule has 9 heteroatoms. The third kappa shape index (κ3) is 14.1. The molecule has 2 atom stereocenters. The molecular weight excluding hydrogens is 869 g/mol. The van der Waals surface area contributed by atoms with Gasteiger partial charge in [0.25, 0.3) is 0 Å². The van der Waals surface area contributed by atoms with Gasteiger partial charge in [0, 0.05) is 9.75 Å². The van der Waals surface area contributed by atoms with Crippen molar-refractivity contribution < 1.29 is 9.47 Å². The van der Waals surface area contributed by atoms with Crippen molar-refractivity contribution in [3.05, 3.63) is 30.8 Å².